The molecule has 0 atom stereocenters. The van der Waals surface area contributed by atoms with Gasteiger partial charge in [0.05, 0.1) is 16.3 Å². The number of rotatable bonds is 3. The molecule has 0 unspecified atom stereocenters. The van der Waals surface area contributed by atoms with Gasteiger partial charge < -0.3 is 9.52 Å². The normalized spacial score (nSPS) is 11.6. The molecule has 0 aliphatic heterocycles. The first kappa shape index (κ1) is 17.4. The Labute approximate surface area is 171 Å². The SMILES string of the molecule is Oc1ccc2ccccc2c1C=Nc1ccc(Cl)c(-c2nc3ncccc3o2)c1. The van der Waals surface area contributed by atoms with Gasteiger partial charge in [-0.2, -0.15) is 4.98 Å². The number of hydrogen-bond donors (Lipinski definition) is 1. The predicted octanol–water partition coefficient (Wildman–Crippen LogP) is 6.15. The molecular weight excluding hydrogens is 386 g/mol. The van der Waals surface area contributed by atoms with Crippen LogP contribution in [0.2, 0.25) is 5.02 Å². The summed E-state index contributed by atoms with van der Waals surface area (Å²) in [6, 6.07) is 20.3. The van der Waals surface area contributed by atoms with E-state index in [0.717, 1.165) is 10.8 Å². The Balaban J connectivity index is 1.57. The summed E-state index contributed by atoms with van der Waals surface area (Å²) in [6.45, 7) is 0. The first-order valence-electron chi connectivity index (χ1n) is 8.95. The van der Waals surface area contributed by atoms with Gasteiger partial charge >= 0.3 is 0 Å². The molecule has 2 heterocycles. The maximum Gasteiger partial charge on any atom is 0.230 e. The molecule has 0 saturated carbocycles. The Morgan fingerprint density at radius 3 is 2.79 bits per heavy atom. The predicted molar refractivity (Wildman–Crippen MR) is 115 cm³/mol. The summed E-state index contributed by atoms with van der Waals surface area (Å²) in [7, 11) is 0. The van der Waals surface area contributed by atoms with Gasteiger partial charge in [0.25, 0.3) is 0 Å². The van der Waals surface area contributed by atoms with Gasteiger partial charge in [0.1, 0.15) is 5.75 Å². The van der Waals surface area contributed by atoms with Crippen LogP contribution in [0.1, 0.15) is 5.56 Å². The number of aromatic nitrogens is 2. The third kappa shape index (κ3) is 3.22. The molecule has 0 bridgehead atoms. The van der Waals surface area contributed by atoms with Gasteiger partial charge in [-0.15, -0.1) is 0 Å². The Hall–Kier alpha value is -3.70. The standard InChI is InChI=1S/C23H14ClN3O2/c24-19-9-8-15(12-17(19)23-27-22-21(29-23)6-3-11-25-22)26-13-18-16-5-2-1-4-14(16)7-10-20(18)28/h1-13,28H. The maximum atomic E-state index is 10.3. The molecule has 0 amide bonds. The Morgan fingerprint density at radius 1 is 1.00 bits per heavy atom. The molecule has 6 heteroatoms. The van der Waals surface area contributed by atoms with Crippen molar-refractivity contribution < 1.29 is 9.52 Å². The summed E-state index contributed by atoms with van der Waals surface area (Å²) < 4.78 is 5.78. The van der Waals surface area contributed by atoms with E-state index in [1.807, 2.05) is 30.3 Å². The molecule has 3 aromatic carbocycles. The van der Waals surface area contributed by atoms with E-state index in [0.29, 0.717) is 39.0 Å². The second-order valence-electron chi connectivity index (χ2n) is 6.49. The minimum Gasteiger partial charge on any atom is -0.507 e. The number of fused-ring (bicyclic) bond motifs is 2. The second-order valence-corrected chi connectivity index (χ2v) is 6.89. The number of benzene rings is 3. The lowest BCUT2D eigenvalue weighted by atomic mass is 10.0. The van der Waals surface area contributed by atoms with E-state index >= 15 is 0 Å². The van der Waals surface area contributed by atoms with Crippen molar-refractivity contribution in [1.82, 2.24) is 9.97 Å². The van der Waals surface area contributed by atoms with E-state index in [-0.39, 0.29) is 5.75 Å². The number of phenols is 1. The summed E-state index contributed by atoms with van der Waals surface area (Å²) >= 11 is 6.37. The van der Waals surface area contributed by atoms with Crippen LogP contribution in [0, 0.1) is 0 Å². The van der Waals surface area contributed by atoms with Crippen molar-refractivity contribution in [3.63, 3.8) is 0 Å². The number of phenolic OH excluding ortho intramolecular Hbond substituents is 1. The summed E-state index contributed by atoms with van der Waals surface area (Å²) in [5.74, 6) is 0.556. The summed E-state index contributed by atoms with van der Waals surface area (Å²) in [5.41, 5.74) is 3.06. The van der Waals surface area contributed by atoms with Crippen molar-refractivity contribution in [2.45, 2.75) is 0 Å². The van der Waals surface area contributed by atoms with E-state index in [1.54, 1.807) is 48.8 Å². The summed E-state index contributed by atoms with van der Waals surface area (Å²) in [6.07, 6.45) is 3.31. The first-order chi connectivity index (χ1) is 14.2. The highest BCUT2D eigenvalue weighted by molar-refractivity contribution is 6.33. The van der Waals surface area contributed by atoms with Crippen molar-refractivity contribution in [2.24, 2.45) is 4.99 Å². The van der Waals surface area contributed by atoms with Crippen molar-refractivity contribution in [1.29, 1.82) is 0 Å². The molecule has 2 aromatic heterocycles. The summed E-state index contributed by atoms with van der Waals surface area (Å²) in [5, 5.41) is 12.8. The topological polar surface area (TPSA) is 71.5 Å². The van der Waals surface area contributed by atoms with Gasteiger partial charge in [0.15, 0.2) is 11.2 Å². The molecule has 140 valence electrons. The molecule has 0 radical (unpaired) electrons. The smallest absolute Gasteiger partial charge is 0.230 e. The van der Waals surface area contributed by atoms with Crippen LogP contribution in [0.25, 0.3) is 33.5 Å². The highest BCUT2D eigenvalue weighted by atomic mass is 35.5. The van der Waals surface area contributed by atoms with Gasteiger partial charge in [-0.1, -0.05) is 41.9 Å². The lowest BCUT2D eigenvalue weighted by molar-refractivity contribution is 0.475. The number of oxazole rings is 1. The molecule has 5 rings (SSSR count). The molecule has 1 N–H and O–H groups in total. The zero-order chi connectivity index (χ0) is 19.8. The van der Waals surface area contributed by atoms with E-state index in [2.05, 4.69) is 15.0 Å². The van der Waals surface area contributed by atoms with Gasteiger partial charge in [-0.05, 0) is 47.2 Å². The minimum absolute atomic E-state index is 0.173. The van der Waals surface area contributed by atoms with Crippen molar-refractivity contribution in [3.8, 4) is 17.2 Å². The zero-order valence-corrected chi connectivity index (χ0v) is 15.8. The quantitative estimate of drug-likeness (QED) is 0.369. The fraction of sp³-hybridized carbons (Fsp3) is 0. The molecule has 0 spiro atoms. The van der Waals surface area contributed by atoms with Crippen molar-refractivity contribution >= 4 is 45.5 Å². The van der Waals surface area contributed by atoms with Gasteiger partial charge in [-0.25, -0.2) is 4.98 Å². The van der Waals surface area contributed by atoms with Crippen LogP contribution >= 0.6 is 11.6 Å². The first-order valence-corrected chi connectivity index (χ1v) is 9.33. The van der Waals surface area contributed by atoms with E-state index in [4.69, 9.17) is 16.0 Å². The van der Waals surface area contributed by atoms with Crippen LogP contribution in [0.4, 0.5) is 5.69 Å². The monoisotopic (exact) mass is 399 g/mol. The largest absolute Gasteiger partial charge is 0.507 e. The van der Waals surface area contributed by atoms with Gasteiger partial charge in [0, 0.05) is 18.0 Å². The molecule has 5 nitrogen and oxygen atoms in total. The third-order valence-corrected chi connectivity index (χ3v) is 4.97. The molecule has 0 fully saturated rings. The minimum atomic E-state index is 0.173. The Bertz CT molecular complexity index is 1360. The molecular formula is C23H14ClN3O2. The number of aromatic hydroxyl groups is 1. The fourth-order valence-electron chi connectivity index (χ4n) is 3.20. The fourth-order valence-corrected chi connectivity index (χ4v) is 3.40. The summed E-state index contributed by atoms with van der Waals surface area (Å²) in [4.78, 5) is 13.1. The van der Waals surface area contributed by atoms with Crippen LogP contribution in [0.5, 0.6) is 5.75 Å². The van der Waals surface area contributed by atoms with E-state index < -0.39 is 0 Å². The average Bonchev–Trinajstić information content (AvgIpc) is 3.18. The van der Waals surface area contributed by atoms with Crippen LogP contribution < -0.4 is 0 Å². The maximum absolute atomic E-state index is 10.3. The zero-order valence-electron chi connectivity index (χ0n) is 15.1. The lowest BCUT2D eigenvalue weighted by Gasteiger charge is -2.05. The van der Waals surface area contributed by atoms with Crippen LogP contribution in [-0.4, -0.2) is 21.3 Å². The number of pyridine rings is 1. The molecule has 29 heavy (non-hydrogen) atoms. The molecule has 0 aliphatic carbocycles. The molecule has 0 saturated heterocycles. The van der Waals surface area contributed by atoms with Crippen molar-refractivity contribution in [3.05, 3.63) is 83.5 Å². The highest BCUT2D eigenvalue weighted by Gasteiger charge is 2.13. The second kappa shape index (κ2) is 7.04. The van der Waals surface area contributed by atoms with Gasteiger partial charge in [-0.3, -0.25) is 4.99 Å². The molecule has 0 aliphatic rings. The van der Waals surface area contributed by atoms with Crippen molar-refractivity contribution in [2.75, 3.05) is 0 Å². The number of halogens is 1. The Morgan fingerprint density at radius 2 is 1.90 bits per heavy atom. The van der Waals surface area contributed by atoms with E-state index in [1.165, 1.54) is 0 Å². The van der Waals surface area contributed by atoms with Crippen LogP contribution in [0.3, 0.4) is 0 Å². The van der Waals surface area contributed by atoms with Crippen LogP contribution in [0.15, 0.2) is 82.3 Å². The number of nitrogens with zero attached hydrogens (tertiary/aromatic N) is 3. The van der Waals surface area contributed by atoms with Crippen LogP contribution in [-0.2, 0) is 0 Å². The number of aliphatic imine (C=N–C) groups is 1. The highest BCUT2D eigenvalue weighted by Crippen LogP contribution is 2.33. The van der Waals surface area contributed by atoms with Gasteiger partial charge in [0.2, 0.25) is 5.89 Å². The Kier molecular flexibility index (Phi) is 4.22. The number of hydrogen-bond acceptors (Lipinski definition) is 5. The average molecular weight is 400 g/mol. The lowest BCUT2D eigenvalue weighted by Crippen LogP contribution is -1.86. The molecule has 5 aromatic rings. The van der Waals surface area contributed by atoms with E-state index in [9.17, 15) is 5.11 Å². The third-order valence-electron chi connectivity index (χ3n) is 4.64.